The van der Waals surface area contributed by atoms with Crippen LogP contribution in [0, 0.1) is 6.92 Å². The van der Waals surface area contributed by atoms with E-state index in [2.05, 4.69) is 17.0 Å². The number of benzene rings is 1. The monoisotopic (exact) mass is 287 g/mol. The third kappa shape index (κ3) is 2.78. The van der Waals surface area contributed by atoms with Crippen molar-refractivity contribution in [1.82, 2.24) is 14.7 Å². The maximum absolute atomic E-state index is 11.6. The molecule has 0 bridgehead atoms. The molecular weight excluding hydrogens is 266 g/mol. The first-order valence-electron chi connectivity index (χ1n) is 7.39. The molecule has 1 aromatic heterocycles. The van der Waals surface area contributed by atoms with Gasteiger partial charge < -0.3 is 9.64 Å². The van der Waals surface area contributed by atoms with Gasteiger partial charge >= 0.3 is 0 Å². The van der Waals surface area contributed by atoms with Crippen molar-refractivity contribution in [3.63, 3.8) is 0 Å². The highest BCUT2D eigenvalue weighted by Crippen LogP contribution is 2.28. The molecule has 21 heavy (non-hydrogen) atoms. The molecule has 5 nitrogen and oxygen atoms in total. The fourth-order valence-electron chi connectivity index (χ4n) is 2.83. The maximum atomic E-state index is 11.6. The van der Waals surface area contributed by atoms with Crippen molar-refractivity contribution in [2.45, 2.75) is 32.8 Å². The van der Waals surface area contributed by atoms with E-state index >= 15 is 0 Å². The number of hydrogen-bond donors (Lipinski definition) is 0. The molecule has 1 fully saturated rings. The summed E-state index contributed by atoms with van der Waals surface area (Å²) in [6.07, 6.45) is 4.06. The molecule has 0 spiro atoms. The molecule has 1 aliphatic heterocycles. The van der Waals surface area contributed by atoms with E-state index in [0.717, 1.165) is 48.1 Å². The third-order valence-corrected chi connectivity index (χ3v) is 4.12. The SMILES string of the molecule is CC(=O)n1ncc2cc(C)c(OC3CCN(C)CC3)cc21. The number of fused-ring (bicyclic) bond motifs is 1. The summed E-state index contributed by atoms with van der Waals surface area (Å²) in [5.41, 5.74) is 1.90. The van der Waals surface area contributed by atoms with E-state index in [1.165, 1.54) is 11.6 Å². The molecule has 0 radical (unpaired) electrons. The van der Waals surface area contributed by atoms with Gasteiger partial charge in [0.2, 0.25) is 5.91 Å². The standard InChI is InChI=1S/C16H21N3O2/c1-11-8-13-10-17-19(12(2)20)15(13)9-16(11)21-14-4-6-18(3)7-5-14/h8-10,14H,4-7H2,1-3H3. The van der Waals surface area contributed by atoms with Gasteiger partial charge in [-0.2, -0.15) is 5.10 Å². The van der Waals surface area contributed by atoms with E-state index in [1.807, 2.05) is 19.1 Å². The fourth-order valence-corrected chi connectivity index (χ4v) is 2.83. The molecule has 3 rings (SSSR count). The predicted octanol–water partition coefficient (Wildman–Crippen LogP) is 2.48. The first kappa shape index (κ1) is 14.1. The number of nitrogens with zero attached hydrogens (tertiary/aromatic N) is 3. The fraction of sp³-hybridized carbons (Fsp3) is 0.500. The highest BCUT2D eigenvalue weighted by Gasteiger charge is 2.19. The first-order chi connectivity index (χ1) is 10.0. The van der Waals surface area contributed by atoms with Crippen LogP contribution in [0.1, 0.15) is 30.1 Å². The number of likely N-dealkylation sites (tertiary alicyclic amines) is 1. The molecular formula is C16H21N3O2. The van der Waals surface area contributed by atoms with Gasteiger partial charge in [-0.15, -0.1) is 0 Å². The summed E-state index contributed by atoms with van der Waals surface area (Å²) in [5, 5.41) is 5.11. The van der Waals surface area contributed by atoms with Crippen LogP contribution in [0.15, 0.2) is 18.3 Å². The van der Waals surface area contributed by atoms with Crippen LogP contribution in [-0.2, 0) is 0 Å². The summed E-state index contributed by atoms with van der Waals surface area (Å²) in [4.78, 5) is 13.9. The smallest absolute Gasteiger partial charge is 0.244 e. The molecule has 0 saturated carbocycles. The lowest BCUT2D eigenvalue weighted by atomic mass is 10.1. The number of carbonyl (C=O) groups is 1. The summed E-state index contributed by atoms with van der Waals surface area (Å²) in [7, 11) is 2.14. The van der Waals surface area contributed by atoms with Crippen LogP contribution >= 0.6 is 0 Å². The Morgan fingerprint density at radius 2 is 2.05 bits per heavy atom. The van der Waals surface area contributed by atoms with Gasteiger partial charge in [-0.1, -0.05) is 0 Å². The first-order valence-corrected chi connectivity index (χ1v) is 7.39. The number of aromatic nitrogens is 2. The quantitative estimate of drug-likeness (QED) is 0.851. The topological polar surface area (TPSA) is 47.4 Å². The third-order valence-electron chi connectivity index (χ3n) is 4.12. The minimum Gasteiger partial charge on any atom is -0.490 e. The van der Waals surface area contributed by atoms with E-state index in [4.69, 9.17) is 4.74 Å². The van der Waals surface area contributed by atoms with Crippen molar-refractivity contribution < 1.29 is 9.53 Å². The Labute approximate surface area is 124 Å². The Morgan fingerprint density at radius 3 is 2.71 bits per heavy atom. The maximum Gasteiger partial charge on any atom is 0.244 e. The van der Waals surface area contributed by atoms with E-state index in [1.54, 1.807) is 6.20 Å². The van der Waals surface area contributed by atoms with E-state index in [9.17, 15) is 4.79 Å². The van der Waals surface area contributed by atoms with Crippen molar-refractivity contribution in [1.29, 1.82) is 0 Å². The molecule has 2 heterocycles. The Bertz CT molecular complexity index is 669. The van der Waals surface area contributed by atoms with Gasteiger partial charge in [0.1, 0.15) is 11.9 Å². The van der Waals surface area contributed by atoms with Gasteiger partial charge in [0.05, 0.1) is 11.7 Å². The van der Waals surface area contributed by atoms with Gasteiger partial charge in [-0.05, 0) is 38.4 Å². The lowest BCUT2D eigenvalue weighted by Gasteiger charge is -2.29. The summed E-state index contributed by atoms with van der Waals surface area (Å²) in [6, 6.07) is 3.98. The summed E-state index contributed by atoms with van der Waals surface area (Å²) >= 11 is 0. The van der Waals surface area contributed by atoms with Crippen molar-refractivity contribution in [2.75, 3.05) is 20.1 Å². The molecule has 0 amide bonds. The van der Waals surface area contributed by atoms with Crippen LogP contribution < -0.4 is 4.74 Å². The Kier molecular flexibility index (Phi) is 3.68. The number of aryl methyl sites for hydroxylation is 1. The second-order valence-corrected chi connectivity index (χ2v) is 5.87. The van der Waals surface area contributed by atoms with E-state index in [0.29, 0.717) is 0 Å². The zero-order valence-electron chi connectivity index (χ0n) is 12.8. The second-order valence-electron chi connectivity index (χ2n) is 5.87. The average Bonchev–Trinajstić information content (AvgIpc) is 2.84. The van der Waals surface area contributed by atoms with Crippen LogP contribution in [0.2, 0.25) is 0 Å². The molecule has 1 aliphatic rings. The largest absolute Gasteiger partial charge is 0.490 e. The van der Waals surface area contributed by atoms with Gasteiger partial charge in [0.25, 0.3) is 0 Å². The highest BCUT2D eigenvalue weighted by molar-refractivity contribution is 5.90. The molecule has 0 aliphatic carbocycles. The predicted molar refractivity (Wildman–Crippen MR) is 81.9 cm³/mol. The van der Waals surface area contributed by atoms with Crippen molar-refractivity contribution in [3.05, 3.63) is 23.9 Å². The minimum atomic E-state index is -0.0842. The van der Waals surface area contributed by atoms with Gasteiger partial charge in [0, 0.05) is 31.5 Å². The van der Waals surface area contributed by atoms with Crippen molar-refractivity contribution in [3.8, 4) is 5.75 Å². The van der Waals surface area contributed by atoms with Crippen LogP contribution in [-0.4, -0.2) is 46.8 Å². The highest BCUT2D eigenvalue weighted by atomic mass is 16.5. The van der Waals surface area contributed by atoms with Crippen LogP contribution in [0.5, 0.6) is 5.75 Å². The summed E-state index contributed by atoms with van der Waals surface area (Å²) in [6.45, 7) is 5.69. The lowest BCUT2D eigenvalue weighted by molar-refractivity contribution is 0.0926. The van der Waals surface area contributed by atoms with E-state index < -0.39 is 0 Å². The zero-order valence-corrected chi connectivity index (χ0v) is 12.8. The molecule has 1 saturated heterocycles. The molecule has 0 N–H and O–H groups in total. The molecule has 1 aromatic carbocycles. The van der Waals surface area contributed by atoms with Gasteiger partial charge in [0.15, 0.2) is 0 Å². The minimum absolute atomic E-state index is 0.0842. The van der Waals surface area contributed by atoms with Gasteiger partial charge in [-0.3, -0.25) is 4.79 Å². The van der Waals surface area contributed by atoms with Crippen molar-refractivity contribution in [2.24, 2.45) is 0 Å². The average molecular weight is 287 g/mol. The van der Waals surface area contributed by atoms with Crippen LogP contribution in [0.3, 0.4) is 0 Å². The van der Waals surface area contributed by atoms with Crippen LogP contribution in [0.25, 0.3) is 10.9 Å². The number of hydrogen-bond acceptors (Lipinski definition) is 4. The van der Waals surface area contributed by atoms with Crippen molar-refractivity contribution >= 4 is 16.8 Å². The Balaban J connectivity index is 1.89. The molecule has 0 unspecified atom stereocenters. The summed E-state index contributed by atoms with van der Waals surface area (Å²) < 4.78 is 7.59. The number of rotatable bonds is 2. The molecule has 0 atom stereocenters. The lowest BCUT2D eigenvalue weighted by Crippen LogP contribution is -2.35. The molecule has 2 aromatic rings. The number of piperidine rings is 1. The molecule has 5 heteroatoms. The summed E-state index contributed by atoms with van der Waals surface area (Å²) in [5.74, 6) is 0.777. The number of carbonyl (C=O) groups excluding carboxylic acids is 1. The normalized spacial score (nSPS) is 17.3. The second kappa shape index (κ2) is 5.48. The number of ether oxygens (including phenoxy) is 1. The zero-order chi connectivity index (χ0) is 15.0. The Morgan fingerprint density at radius 1 is 1.33 bits per heavy atom. The van der Waals surface area contributed by atoms with E-state index in [-0.39, 0.29) is 12.0 Å². The van der Waals surface area contributed by atoms with Gasteiger partial charge in [-0.25, -0.2) is 4.68 Å². The Hall–Kier alpha value is -1.88. The molecule has 112 valence electrons. The van der Waals surface area contributed by atoms with Crippen LogP contribution in [0.4, 0.5) is 0 Å².